The minimum absolute atomic E-state index is 0.0481. The highest BCUT2D eigenvalue weighted by Crippen LogP contribution is 2.37. The fourth-order valence-corrected chi connectivity index (χ4v) is 3.90. The maximum atomic E-state index is 13.1. The number of anilines is 1. The molecule has 0 spiro atoms. The lowest BCUT2D eigenvalue weighted by molar-refractivity contribution is -0.137. The number of hydrogen-bond donors (Lipinski definition) is 1. The van der Waals surface area contributed by atoms with Gasteiger partial charge in [0, 0.05) is 27.4 Å². The first-order chi connectivity index (χ1) is 12.2. The van der Waals surface area contributed by atoms with E-state index < -0.39 is 17.6 Å². The van der Waals surface area contributed by atoms with Crippen molar-refractivity contribution in [3.05, 3.63) is 57.4 Å². The molecule has 0 saturated heterocycles. The van der Waals surface area contributed by atoms with E-state index in [-0.39, 0.29) is 11.5 Å². The number of thiophene rings is 1. The number of carbonyl (C=O) groups excluding carboxylic acids is 1. The number of pyridine rings is 1. The van der Waals surface area contributed by atoms with Crippen LogP contribution in [0.1, 0.15) is 46.9 Å². The van der Waals surface area contributed by atoms with Gasteiger partial charge in [-0.15, -0.1) is 0 Å². The third-order valence-electron chi connectivity index (χ3n) is 4.15. The molecule has 0 radical (unpaired) electrons. The highest BCUT2D eigenvalue weighted by atomic mass is 32.1. The van der Waals surface area contributed by atoms with Gasteiger partial charge in [0.1, 0.15) is 0 Å². The van der Waals surface area contributed by atoms with Crippen LogP contribution in [0.3, 0.4) is 0 Å². The van der Waals surface area contributed by atoms with E-state index in [9.17, 15) is 18.0 Å². The van der Waals surface area contributed by atoms with Gasteiger partial charge < -0.3 is 5.32 Å². The summed E-state index contributed by atoms with van der Waals surface area (Å²) in [6, 6.07) is 7.26. The summed E-state index contributed by atoms with van der Waals surface area (Å²) in [5.74, 6) is -0.719. The summed E-state index contributed by atoms with van der Waals surface area (Å²) >= 11 is 0.856. The van der Waals surface area contributed by atoms with Gasteiger partial charge in [-0.05, 0) is 18.9 Å². The molecule has 0 fully saturated rings. The van der Waals surface area contributed by atoms with Crippen molar-refractivity contribution in [1.29, 1.82) is 0 Å². The Morgan fingerprint density at radius 3 is 2.54 bits per heavy atom. The zero-order chi connectivity index (χ0) is 19.1. The Morgan fingerprint density at radius 2 is 1.88 bits per heavy atom. The standard InChI is InChI=1S/C19H17F3N2OS/c1-10(2)16-11(3)23-15-7-5-4-6-12(15)17(16)24-18(25)13-8-26-9-14(13)19(20,21)22/h4-10H,1-3H3,(H,23,24,25). The van der Waals surface area contributed by atoms with Crippen molar-refractivity contribution in [2.24, 2.45) is 0 Å². The quantitative estimate of drug-likeness (QED) is 0.607. The van der Waals surface area contributed by atoms with E-state index in [4.69, 9.17) is 0 Å². The first-order valence-electron chi connectivity index (χ1n) is 8.04. The van der Waals surface area contributed by atoms with Gasteiger partial charge in [-0.2, -0.15) is 24.5 Å². The van der Waals surface area contributed by atoms with Crippen molar-refractivity contribution in [2.75, 3.05) is 5.32 Å². The van der Waals surface area contributed by atoms with Crippen LogP contribution < -0.4 is 5.32 Å². The van der Waals surface area contributed by atoms with Crippen LogP contribution in [0.15, 0.2) is 35.0 Å². The Bertz CT molecular complexity index is 977. The number of aryl methyl sites for hydroxylation is 1. The van der Waals surface area contributed by atoms with Crippen LogP contribution in [0.4, 0.5) is 18.9 Å². The van der Waals surface area contributed by atoms with E-state index in [2.05, 4.69) is 10.3 Å². The summed E-state index contributed by atoms with van der Waals surface area (Å²) in [5.41, 5.74) is 1.49. The van der Waals surface area contributed by atoms with Crippen LogP contribution in [0.5, 0.6) is 0 Å². The number of aromatic nitrogens is 1. The van der Waals surface area contributed by atoms with Crippen molar-refractivity contribution in [3.63, 3.8) is 0 Å². The Kier molecular flexibility index (Phi) is 4.75. The molecule has 0 atom stereocenters. The van der Waals surface area contributed by atoms with E-state index in [1.165, 1.54) is 5.38 Å². The van der Waals surface area contributed by atoms with E-state index >= 15 is 0 Å². The van der Waals surface area contributed by atoms with Crippen LogP contribution in [-0.2, 0) is 6.18 Å². The Balaban J connectivity index is 2.13. The Labute approximate surface area is 152 Å². The second-order valence-electron chi connectivity index (χ2n) is 6.31. The normalized spacial score (nSPS) is 12.0. The summed E-state index contributed by atoms with van der Waals surface area (Å²) < 4.78 is 39.4. The molecular formula is C19H17F3N2OS. The zero-order valence-electron chi connectivity index (χ0n) is 14.4. The van der Waals surface area contributed by atoms with E-state index in [0.717, 1.165) is 28.0 Å². The molecule has 1 amide bonds. The van der Waals surface area contributed by atoms with Gasteiger partial charge in [0.15, 0.2) is 0 Å². The first kappa shape index (κ1) is 18.4. The van der Waals surface area contributed by atoms with Crippen molar-refractivity contribution in [2.45, 2.75) is 32.9 Å². The lowest BCUT2D eigenvalue weighted by Crippen LogP contribution is -2.18. The molecule has 2 aromatic heterocycles. The van der Waals surface area contributed by atoms with Crippen LogP contribution in [0.2, 0.25) is 0 Å². The molecule has 136 valence electrons. The minimum atomic E-state index is -4.57. The monoisotopic (exact) mass is 378 g/mol. The first-order valence-corrected chi connectivity index (χ1v) is 8.98. The van der Waals surface area contributed by atoms with Crippen molar-refractivity contribution in [1.82, 2.24) is 4.98 Å². The molecule has 0 bridgehead atoms. The number of hydrogen-bond acceptors (Lipinski definition) is 3. The number of fused-ring (bicyclic) bond motifs is 1. The number of para-hydroxylation sites is 1. The fraction of sp³-hybridized carbons (Fsp3) is 0.263. The molecule has 26 heavy (non-hydrogen) atoms. The van der Waals surface area contributed by atoms with Gasteiger partial charge in [-0.1, -0.05) is 32.0 Å². The Morgan fingerprint density at radius 1 is 1.19 bits per heavy atom. The SMILES string of the molecule is Cc1nc2ccccc2c(NC(=O)c2cscc2C(F)(F)F)c1C(C)C. The van der Waals surface area contributed by atoms with Gasteiger partial charge in [-0.25, -0.2) is 0 Å². The van der Waals surface area contributed by atoms with Crippen molar-refractivity contribution >= 4 is 33.8 Å². The third kappa shape index (κ3) is 3.31. The molecule has 2 heterocycles. The Hall–Kier alpha value is -2.41. The molecule has 1 aromatic carbocycles. The minimum Gasteiger partial charge on any atom is -0.321 e. The second-order valence-corrected chi connectivity index (χ2v) is 7.05. The number of amides is 1. The van der Waals surface area contributed by atoms with Gasteiger partial charge >= 0.3 is 6.18 Å². The molecule has 1 N–H and O–H groups in total. The molecule has 0 aliphatic carbocycles. The average molecular weight is 378 g/mol. The van der Waals surface area contributed by atoms with Crippen LogP contribution >= 0.6 is 11.3 Å². The van der Waals surface area contributed by atoms with E-state index in [0.29, 0.717) is 16.6 Å². The number of benzene rings is 1. The third-order valence-corrected chi connectivity index (χ3v) is 4.89. The number of alkyl halides is 3. The summed E-state index contributed by atoms with van der Waals surface area (Å²) in [5, 5.41) is 5.60. The molecule has 0 aliphatic heterocycles. The molecule has 7 heteroatoms. The average Bonchev–Trinajstić information content (AvgIpc) is 3.04. The van der Waals surface area contributed by atoms with E-state index in [1.807, 2.05) is 45.0 Å². The van der Waals surface area contributed by atoms with Gasteiger partial charge in [-0.3, -0.25) is 9.78 Å². The summed E-state index contributed by atoms with van der Waals surface area (Å²) in [4.78, 5) is 17.2. The largest absolute Gasteiger partial charge is 0.417 e. The molecule has 3 aromatic rings. The van der Waals surface area contributed by atoms with Gasteiger partial charge in [0.05, 0.1) is 22.3 Å². The predicted octanol–water partition coefficient (Wildman–Crippen LogP) is 6.00. The smallest absolute Gasteiger partial charge is 0.321 e. The van der Waals surface area contributed by atoms with Crippen LogP contribution in [0, 0.1) is 6.92 Å². The zero-order valence-corrected chi connectivity index (χ0v) is 15.3. The van der Waals surface area contributed by atoms with E-state index in [1.54, 1.807) is 0 Å². The molecule has 0 aliphatic rings. The van der Waals surface area contributed by atoms with Crippen molar-refractivity contribution < 1.29 is 18.0 Å². The number of halogens is 3. The highest BCUT2D eigenvalue weighted by Gasteiger charge is 2.36. The lowest BCUT2D eigenvalue weighted by Gasteiger charge is -2.19. The summed E-state index contributed by atoms with van der Waals surface area (Å²) in [6.07, 6.45) is -4.57. The second kappa shape index (κ2) is 6.72. The summed E-state index contributed by atoms with van der Waals surface area (Å²) in [7, 11) is 0. The fourth-order valence-electron chi connectivity index (χ4n) is 3.06. The number of rotatable bonds is 3. The summed E-state index contributed by atoms with van der Waals surface area (Å²) in [6.45, 7) is 5.75. The molecular weight excluding hydrogens is 361 g/mol. The molecule has 3 nitrogen and oxygen atoms in total. The number of carbonyl (C=O) groups is 1. The maximum absolute atomic E-state index is 13.1. The topological polar surface area (TPSA) is 42.0 Å². The number of nitrogens with one attached hydrogen (secondary N) is 1. The number of nitrogens with zero attached hydrogens (tertiary/aromatic N) is 1. The molecule has 0 unspecified atom stereocenters. The molecule has 0 saturated carbocycles. The van der Waals surface area contributed by atoms with Crippen LogP contribution in [0.25, 0.3) is 10.9 Å². The van der Waals surface area contributed by atoms with Crippen molar-refractivity contribution in [3.8, 4) is 0 Å². The van der Waals surface area contributed by atoms with Crippen LogP contribution in [-0.4, -0.2) is 10.9 Å². The van der Waals surface area contributed by atoms with Gasteiger partial charge in [0.25, 0.3) is 5.91 Å². The maximum Gasteiger partial charge on any atom is 0.417 e. The lowest BCUT2D eigenvalue weighted by atomic mass is 9.96. The van der Waals surface area contributed by atoms with Gasteiger partial charge in [0.2, 0.25) is 0 Å². The predicted molar refractivity (Wildman–Crippen MR) is 97.8 cm³/mol. The highest BCUT2D eigenvalue weighted by molar-refractivity contribution is 7.08. The molecule has 3 rings (SSSR count).